The fourth-order valence-corrected chi connectivity index (χ4v) is 6.30. The number of likely N-dealkylation sites (N-methyl/N-ethyl adjacent to an activating group) is 1. The molecule has 1 unspecified atom stereocenters. The van der Waals surface area contributed by atoms with Crippen molar-refractivity contribution < 1.29 is 52.3 Å². The first-order valence-electron chi connectivity index (χ1n) is 22.2. The summed E-state index contributed by atoms with van der Waals surface area (Å²) < 4.78 is 34.1. The number of esters is 2. The minimum atomic E-state index is -4.43. The zero-order valence-corrected chi connectivity index (χ0v) is 37.9. The van der Waals surface area contributed by atoms with Gasteiger partial charge in [0.1, 0.15) is 19.8 Å². The standard InChI is InChI=1S/C46H82NO10P/c1-6-8-10-12-14-15-16-17-18-19-20-21-22-23-24-28-32-36-45(50)54-40-42(41-56-58(52,53)55-39-38-47(3,4)5)57-46(51)37-33-29-25-27-31-35-44(49)43(48)34-30-26-13-11-9-7-2/h14-15,17-18,20-21,23-24,26,30,42-44,48-49H,6-13,16,19,22,25,27-29,31-41H2,1-5H3/p+1/b15-14-,18-17-,21-20-,24-23-,30-26-/t42-,43+,44+/m1/s1. The van der Waals surface area contributed by atoms with E-state index in [0.29, 0.717) is 43.1 Å². The molecule has 0 rings (SSSR count). The van der Waals surface area contributed by atoms with Gasteiger partial charge < -0.3 is 29.1 Å². The Morgan fingerprint density at radius 2 is 1.12 bits per heavy atom. The molecule has 0 amide bonds. The van der Waals surface area contributed by atoms with Gasteiger partial charge in [0, 0.05) is 12.8 Å². The molecule has 0 fully saturated rings. The molecule has 0 bridgehead atoms. The molecule has 0 saturated carbocycles. The molecule has 0 saturated heterocycles. The number of carbonyl (C=O) groups is 2. The van der Waals surface area contributed by atoms with Crippen LogP contribution in [0.5, 0.6) is 0 Å². The number of ether oxygens (including phenoxy) is 2. The van der Waals surface area contributed by atoms with E-state index in [0.717, 1.165) is 64.2 Å². The predicted octanol–water partition coefficient (Wildman–Crippen LogP) is 10.4. The van der Waals surface area contributed by atoms with Gasteiger partial charge in [-0.3, -0.25) is 18.6 Å². The molecular formula is C46H83NO10P+. The Labute approximate surface area is 352 Å². The lowest BCUT2D eigenvalue weighted by atomic mass is 10.0. The van der Waals surface area contributed by atoms with Crippen molar-refractivity contribution in [2.75, 3.05) is 47.5 Å². The van der Waals surface area contributed by atoms with Crippen LogP contribution in [0.3, 0.4) is 0 Å². The Balaban J connectivity index is 4.58. The molecule has 0 aliphatic heterocycles. The number of aliphatic hydroxyl groups excluding tert-OH is 2. The summed E-state index contributed by atoms with van der Waals surface area (Å²) in [4.78, 5) is 35.4. The molecule has 0 spiro atoms. The third-order valence-corrected chi connectivity index (χ3v) is 10.2. The van der Waals surface area contributed by atoms with Crippen molar-refractivity contribution in [3.63, 3.8) is 0 Å². The molecule has 3 N–H and O–H groups in total. The van der Waals surface area contributed by atoms with Crippen molar-refractivity contribution >= 4 is 19.8 Å². The fourth-order valence-electron chi connectivity index (χ4n) is 5.56. The van der Waals surface area contributed by atoms with E-state index in [1.54, 1.807) is 0 Å². The number of phosphoric ester groups is 1. The third kappa shape index (κ3) is 39.1. The van der Waals surface area contributed by atoms with Crippen LogP contribution in [0.15, 0.2) is 60.8 Å². The number of hydrogen-bond donors (Lipinski definition) is 3. The van der Waals surface area contributed by atoms with Crippen LogP contribution in [-0.4, -0.2) is 97.3 Å². The number of unbranched alkanes of at least 4 members (excludes halogenated alkanes) is 11. The van der Waals surface area contributed by atoms with Crippen LogP contribution in [0, 0.1) is 0 Å². The molecule has 12 heteroatoms. The average Bonchev–Trinajstić information content (AvgIpc) is 3.17. The van der Waals surface area contributed by atoms with Gasteiger partial charge >= 0.3 is 19.8 Å². The molecule has 4 atom stereocenters. The van der Waals surface area contributed by atoms with E-state index in [4.69, 9.17) is 18.5 Å². The van der Waals surface area contributed by atoms with Gasteiger partial charge in [0.05, 0.1) is 40.0 Å². The second-order valence-electron chi connectivity index (χ2n) is 16.0. The normalized spacial score (nSPS) is 15.2. The lowest BCUT2D eigenvalue weighted by molar-refractivity contribution is -0.870. The molecular weight excluding hydrogens is 757 g/mol. The molecule has 58 heavy (non-hydrogen) atoms. The highest BCUT2D eigenvalue weighted by atomic mass is 31.2. The van der Waals surface area contributed by atoms with E-state index >= 15 is 0 Å². The number of rotatable bonds is 39. The summed E-state index contributed by atoms with van der Waals surface area (Å²) in [6.07, 6.45) is 37.2. The highest BCUT2D eigenvalue weighted by molar-refractivity contribution is 7.47. The minimum Gasteiger partial charge on any atom is -0.462 e. The van der Waals surface area contributed by atoms with Crippen molar-refractivity contribution in [3.8, 4) is 0 Å². The van der Waals surface area contributed by atoms with Gasteiger partial charge in [-0.05, 0) is 77.0 Å². The first-order valence-corrected chi connectivity index (χ1v) is 23.7. The number of quaternary nitrogens is 1. The molecule has 0 aromatic heterocycles. The lowest BCUT2D eigenvalue weighted by Gasteiger charge is -2.24. The summed E-state index contributed by atoms with van der Waals surface area (Å²) in [6.45, 7) is 4.07. The SMILES string of the molecule is CCCCC/C=C\C/C=C\C/C=C\C/C=C\CCCC(=O)OC[C@H](COP(=O)(O)OCC[N+](C)(C)C)OC(=O)CCCCCCC[C@H](O)[C@@H](O)C/C=C\CCCCC. The molecule has 0 aromatic carbocycles. The quantitative estimate of drug-likeness (QED) is 0.0180. The van der Waals surface area contributed by atoms with Gasteiger partial charge in [-0.25, -0.2) is 4.57 Å². The second-order valence-corrected chi connectivity index (χ2v) is 17.5. The molecule has 0 aliphatic carbocycles. The maximum absolute atomic E-state index is 12.7. The summed E-state index contributed by atoms with van der Waals surface area (Å²) in [7, 11) is 1.34. The molecule has 0 aliphatic rings. The molecule has 0 aromatic rings. The second kappa shape index (κ2) is 37.6. The summed E-state index contributed by atoms with van der Waals surface area (Å²) >= 11 is 0. The smallest absolute Gasteiger partial charge is 0.462 e. The van der Waals surface area contributed by atoms with Crippen molar-refractivity contribution in [3.05, 3.63) is 60.8 Å². The average molecular weight is 841 g/mol. The van der Waals surface area contributed by atoms with Gasteiger partial charge in [0.2, 0.25) is 0 Å². The number of carbonyl (C=O) groups excluding carboxylic acids is 2. The molecule has 0 radical (unpaired) electrons. The maximum atomic E-state index is 12.7. The first kappa shape index (κ1) is 55.6. The number of aliphatic hydroxyl groups is 2. The van der Waals surface area contributed by atoms with Crippen LogP contribution in [0.4, 0.5) is 0 Å². The van der Waals surface area contributed by atoms with Crippen LogP contribution >= 0.6 is 7.82 Å². The first-order chi connectivity index (χ1) is 27.8. The molecule has 0 heterocycles. The summed E-state index contributed by atoms with van der Waals surface area (Å²) in [5.41, 5.74) is 0. The molecule has 11 nitrogen and oxygen atoms in total. The Bertz CT molecular complexity index is 1210. The van der Waals surface area contributed by atoms with Crippen LogP contribution in [0.25, 0.3) is 0 Å². The van der Waals surface area contributed by atoms with Crippen molar-refractivity contribution in [1.82, 2.24) is 0 Å². The van der Waals surface area contributed by atoms with Gasteiger partial charge in [0.25, 0.3) is 0 Å². The third-order valence-electron chi connectivity index (χ3n) is 9.22. The van der Waals surface area contributed by atoms with E-state index in [2.05, 4.69) is 62.5 Å². The predicted molar refractivity (Wildman–Crippen MR) is 236 cm³/mol. The number of nitrogens with zero attached hydrogens (tertiary/aromatic N) is 1. The number of allylic oxidation sites excluding steroid dienone is 9. The van der Waals surface area contributed by atoms with Crippen molar-refractivity contribution in [2.24, 2.45) is 0 Å². The fraction of sp³-hybridized carbons (Fsp3) is 0.739. The highest BCUT2D eigenvalue weighted by Crippen LogP contribution is 2.43. The van der Waals surface area contributed by atoms with E-state index in [1.165, 1.54) is 32.1 Å². The minimum absolute atomic E-state index is 0.00770. The van der Waals surface area contributed by atoms with Gasteiger partial charge in [0.15, 0.2) is 6.10 Å². The zero-order valence-electron chi connectivity index (χ0n) is 37.0. The van der Waals surface area contributed by atoms with Gasteiger partial charge in [-0.2, -0.15) is 0 Å². The number of phosphoric acid groups is 1. The van der Waals surface area contributed by atoms with E-state index in [-0.39, 0.29) is 26.1 Å². The van der Waals surface area contributed by atoms with Crippen molar-refractivity contribution in [1.29, 1.82) is 0 Å². The van der Waals surface area contributed by atoms with E-state index in [1.807, 2.05) is 33.3 Å². The van der Waals surface area contributed by atoms with Crippen LogP contribution < -0.4 is 0 Å². The maximum Gasteiger partial charge on any atom is 0.472 e. The Morgan fingerprint density at radius 1 is 0.603 bits per heavy atom. The molecule has 336 valence electrons. The monoisotopic (exact) mass is 841 g/mol. The Morgan fingerprint density at radius 3 is 1.71 bits per heavy atom. The van der Waals surface area contributed by atoms with E-state index in [9.17, 15) is 29.3 Å². The number of hydrogen-bond acceptors (Lipinski definition) is 9. The van der Waals surface area contributed by atoms with Crippen LogP contribution in [0.1, 0.15) is 155 Å². The summed E-state index contributed by atoms with van der Waals surface area (Å²) in [5, 5.41) is 20.5. The summed E-state index contributed by atoms with van der Waals surface area (Å²) in [5.74, 6) is -0.981. The van der Waals surface area contributed by atoms with Gasteiger partial charge in [-0.15, -0.1) is 0 Å². The summed E-state index contributed by atoms with van der Waals surface area (Å²) in [6, 6.07) is 0. The largest absolute Gasteiger partial charge is 0.472 e. The van der Waals surface area contributed by atoms with Crippen LogP contribution in [0.2, 0.25) is 0 Å². The Hall–Kier alpha value is -2.37. The van der Waals surface area contributed by atoms with Crippen molar-refractivity contribution in [2.45, 2.75) is 173 Å². The topological polar surface area (TPSA) is 149 Å². The zero-order chi connectivity index (χ0) is 43.2. The lowest BCUT2D eigenvalue weighted by Crippen LogP contribution is -2.37. The van der Waals surface area contributed by atoms with E-state index < -0.39 is 44.7 Å². The highest BCUT2D eigenvalue weighted by Gasteiger charge is 2.27. The van der Waals surface area contributed by atoms with Crippen LogP contribution in [-0.2, 0) is 32.7 Å². The van der Waals surface area contributed by atoms with Gasteiger partial charge in [-0.1, -0.05) is 126 Å². The Kier molecular flexibility index (Phi) is 36.1.